The number of nitrogens with zero attached hydrogens (tertiary/aromatic N) is 1. The summed E-state index contributed by atoms with van der Waals surface area (Å²) in [5, 5.41) is 5.64. The van der Waals surface area contributed by atoms with Crippen molar-refractivity contribution in [2.45, 2.75) is 55.5 Å². The molecule has 0 bridgehead atoms. The van der Waals surface area contributed by atoms with Crippen molar-refractivity contribution < 1.29 is 18.0 Å². The molecule has 4 N–H and O–H groups in total. The van der Waals surface area contributed by atoms with Crippen LogP contribution in [0, 0.1) is 0 Å². The number of hydrogen-bond acceptors (Lipinski definition) is 5. The predicted molar refractivity (Wildman–Crippen MR) is 128 cm³/mol. The van der Waals surface area contributed by atoms with Crippen molar-refractivity contribution in [1.82, 2.24) is 9.62 Å². The Morgan fingerprint density at radius 3 is 2.21 bits per heavy atom. The van der Waals surface area contributed by atoms with E-state index in [1.54, 1.807) is 50.4 Å². The number of sulfonamides is 1. The van der Waals surface area contributed by atoms with Gasteiger partial charge in [0, 0.05) is 18.8 Å². The van der Waals surface area contributed by atoms with Crippen molar-refractivity contribution in [1.29, 1.82) is 0 Å². The summed E-state index contributed by atoms with van der Waals surface area (Å²) >= 11 is 0. The highest BCUT2D eigenvalue weighted by Crippen LogP contribution is 2.27. The molecule has 1 fully saturated rings. The van der Waals surface area contributed by atoms with Crippen molar-refractivity contribution in [3.8, 4) is 0 Å². The topological polar surface area (TPSA) is 122 Å². The van der Waals surface area contributed by atoms with Gasteiger partial charge in [-0.15, -0.1) is 0 Å². The summed E-state index contributed by atoms with van der Waals surface area (Å²) < 4.78 is 27.4. The third-order valence-corrected chi connectivity index (χ3v) is 8.27. The zero-order valence-corrected chi connectivity index (χ0v) is 19.9. The number of carbonyl (C=O) groups is 2. The maximum Gasteiger partial charge on any atom is 0.243 e. The van der Waals surface area contributed by atoms with Crippen LogP contribution < -0.4 is 16.4 Å². The van der Waals surface area contributed by atoms with E-state index in [1.807, 2.05) is 6.07 Å². The molecule has 0 saturated heterocycles. The standard InChI is InChI=1S/C24H32N4O4S/c1-24(23(25)30,18-9-5-3-6-10-18)26-17-22(29)27-19-13-15-21(16-14-19)33(31,32)28(2)20-11-7-4-8-12-20/h3,5-6,9-10,13-16,20,26H,4,7-8,11-12,17H2,1-2H3,(H2,25,30)(H,27,29)/t24-/m0/s1. The number of primary amides is 1. The largest absolute Gasteiger partial charge is 0.368 e. The van der Waals surface area contributed by atoms with Gasteiger partial charge < -0.3 is 11.1 Å². The average molecular weight is 473 g/mol. The first-order valence-electron chi connectivity index (χ1n) is 11.1. The number of rotatable bonds is 9. The van der Waals surface area contributed by atoms with Crippen molar-refractivity contribution in [3.05, 3.63) is 60.2 Å². The number of anilines is 1. The fourth-order valence-corrected chi connectivity index (χ4v) is 5.50. The lowest BCUT2D eigenvalue weighted by molar-refractivity contribution is -0.124. The van der Waals surface area contributed by atoms with E-state index in [4.69, 9.17) is 5.73 Å². The molecule has 1 aliphatic carbocycles. The Kier molecular flexibility index (Phi) is 7.88. The highest BCUT2D eigenvalue weighted by molar-refractivity contribution is 7.89. The minimum Gasteiger partial charge on any atom is -0.368 e. The molecule has 3 rings (SSSR count). The molecule has 1 saturated carbocycles. The highest BCUT2D eigenvalue weighted by atomic mass is 32.2. The fraction of sp³-hybridized carbons (Fsp3) is 0.417. The number of amides is 2. The molecule has 8 nitrogen and oxygen atoms in total. The predicted octanol–water partition coefficient (Wildman–Crippen LogP) is 2.57. The first-order chi connectivity index (χ1) is 15.6. The molecule has 0 unspecified atom stereocenters. The van der Waals surface area contributed by atoms with Crippen molar-refractivity contribution in [2.75, 3.05) is 18.9 Å². The molecule has 0 aromatic heterocycles. The van der Waals surface area contributed by atoms with Gasteiger partial charge in [-0.05, 0) is 49.6 Å². The molecular formula is C24H32N4O4S. The molecule has 0 aliphatic heterocycles. The van der Waals surface area contributed by atoms with Crippen LogP contribution in [-0.2, 0) is 25.2 Å². The molecule has 2 aromatic carbocycles. The number of nitrogens with two attached hydrogens (primary N) is 1. The Labute approximate surface area is 195 Å². The molecular weight excluding hydrogens is 440 g/mol. The van der Waals surface area contributed by atoms with Crippen LogP contribution in [-0.4, -0.2) is 44.2 Å². The minimum atomic E-state index is -3.60. The van der Waals surface area contributed by atoms with Crippen LogP contribution in [0.15, 0.2) is 59.5 Å². The van der Waals surface area contributed by atoms with Crippen molar-refractivity contribution >= 4 is 27.5 Å². The minimum absolute atomic E-state index is 0.0263. The molecule has 178 valence electrons. The lowest BCUT2D eigenvalue weighted by atomic mass is 9.91. The van der Waals surface area contributed by atoms with Crippen LogP contribution in [0.5, 0.6) is 0 Å². The van der Waals surface area contributed by atoms with E-state index in [-0.39, 0.29) is 23.4 Å². The zero-order valence-electron chi connectivity index (χ0n) is 19.1. The summed E-state index contributed by atoms with van der Waals surface area (Å²) in [4.78, 5) is 24.7. The molecule has 9 heteroatoms. The molecule has 33 heavy (non-hydrogen) atoms. The summed E-state index contributed by atoms with van der Waals surface area (Å²) in [5.74, 6) is -0.980. The smallest absolute Gasteiger partial charge is 0.243 e. The highest BCUT2D eigenvalue weighted by Gasteiger charge is 2.33. The fourth-order valence-electron chi connectivity index (χ4n) is 4.08. The second kappa shape index (κ2) is 10.5. The van der Waals surface area contributed by atoms with Crippen LogP contribution in [0.1, 0.15) is 44.6 Å². The van der Waals surface area contributed by atoms with E-state index in [1.165, 1.54) is 16.4 Å². The monoisotopic (exact) mass is 472 g/mol. The SMILES string of the molecule is CN(C1CCCCC1)S(=O)(=O)c1ccc(NC(=O)CN[C@](C)(C(N)=O)c2ccccc2)cc1. The van der Waals surface area contributed by atoms with E-state index >= 15 is 0 Å². The Balaban J connectivity index is 1.62. The Morgan fingerprint density at radius 1 is 1.03 bits per heavy atom. The van der Waals surface area contributed by atoms with Gasteiger partial charge in [0.1, 0.15) is 5.54 Å². The molecule has 0 heterocycles. The van der Waals surface area contributed by atoms with Gasteiger partial charge in [-0.25, -0.2) is 8.42 Å². The molecule has 0 radical (unpaired) electrons. The summed E-state index contributed by atoms with van der Waals surface area (Å²) in [6, 6.07) is 15.1. The normalized spacial score (nSPS) is 16.8. The van der Waals surface area contributed by atoms with Crippen LogP contribution >= 0.6 is 0 Å². The quantitative estimate of drug-likeness (QED) is 0.518. The second-order valence-electron chi connectivity index (χ2n) is 8.59. The second-order valence-corrected chi connectivity index (χ2v) is 10.6. The molecule has 1 aliphatic rings. The average Bonchev–Trinajstić information content (AvgIpc) is 2.83. The Hall–Kier alpha value is -2.75. The van der Waals surface area contributed by atoms with Crippen LogP contribution in [0.3, 0.4) is 0 Å². The third-order valence-electron chi connectivity index (χ3n) is 6.35. The van der Waals surface area contributed by atoms with E-state index in [0.717, 1.165) is 32.1 Å². The lowest BCUT2D eigenvalue weighted by Crippen LogP contribution is -2.52. The van der Waals surface area contributed by atoms with Crippen LogP contribution in [0.2, 0.25) is 0 Å². The summed E-state index contributed by atoms with van der Waals surface area (Å²) in [7, 11) is -1.96. The number of carbonyl (C=O) groups excluding carboxylic acids is 2. The van der Waals surface area contributed by atoms with Crippen molar-refractivity contribution in [3.63, 3.8) is 0 Å². The van der Waals surface area contributed by atoms with Gasteiger partial charge in [-0.1, -0.05) is 49.6 Å². The van der Waals surface area contributed by atoms with Gasteiger partial charge in [0.05, 0.1) is 11.4 Å². The Bertz CT molecular complexity index is 1070. The third kappa shape index (κ3) is 5.79. The van der Waals surface area contributed by atoms with Gasteiger partial charge >= 0.3 is 0 Å². The van der Waals surface area contributed by atoms with E-state index < -0.39 is 21.5 Å². The van der Waals surface area contributed by atoms with Crippen LogP contribution in [0.4, 0.5) is 5.69 Å². The Morgan fingerprint density at radius 2 is 1.64 bits per heavy atom. The number of nitrogens with one attached hydrogen (secondary N) is 2. The van der Waals surface area contributed by atoms with Crippen LogP contribution in [0.25, 0.3) is 0 Å². The number of hydrogen-bond donors (Lipinski definition) is 3. The summed E-state index contributed by atoms with van der Waals surface area (Å²) in [6.07, 6.45) is 5.00. The number of benzene rings is 2. The summed E-state index contributed by atoms with van der Waals surface area (Å²) in [5.41, 5.74) is 5.49. The molecule has 2 amide bonds. The van der Waals surface area contributed by atoms with Gasteiger partial charge in [0.2, 0.25) is 21.8 Å². The molecule has 2 aromatic rings. The lowest BCUT2D eigenvalue weighted by Gasteiger charge is -2.30. The van der Waals surface area contributed by atoms with E-state index in [0.29, 0.717) is 11.3 Å². The van der Waals surface area contributed by atoms with E-state index in [2.05, 4.69) is 10.6 Å². The van der Waals surface area contributed by atoms with Gasteiger partial charge in [0.15, 0.2) is 0 Å². The zero-order chi connectivity index (χ0) is 24.1. The maximum absolute atomic E-state index is 13.0. The summed E-state index contributed by atoms with van der Waals surface area (Å²) in [6.45, 7) is 1.47. The van der Waals surface area contributed by atoms with E-state index in [9.17, 15) is 18.0 Å². The van der Waals surface area contributed by atoms with Gasteiger partial charge in [-0.2, -0.15) is 4.31 Å². The van der Waals surface area contributed by atoms with Gasteiger partial charge in [-0.3, -0.25) is 14.9 Å². The van der Waals surface area contributed by atoms with Gasteiger partial charge in [0.25, 0.3) is 0 Å². The van der Waals surface area contributed by atoms with Crippen molar-refractivity contribution in [2.24, 2.45) is 5.73 Å². The maximum atomic E-state index is 13.0. The first-order valence-corrected chi connectivity index (χ1v) is 12.6. The molecule has 0 spiro atoms. The first kappa shape index (κ1) is 24.9. The molecule has 1 atom stereocenters.